The first-order chi connectivity index (χ1) is 7.15. The number of rotatable bonds is 2. The van der Waals surface area contributed by atoms with Gasteiger partial charge in [-0.1, -0.05) is 29.8 Å². The smallest absolute Gasteiger partial charge is 0.317 e. The van der Waals surface area contributed by atoms with Crippen molar-refractivity contribution in [3.63, 3.8) is 0 Å². The van der Waals surface area contributed by atoms with Gasteiger partial charge in [0.05, 0.1) is 12.3 Å². The summed E-state index contributed by atoms with van der Waals surface area (Å²) < 4.78 is 4.50. The van der Waals surface area contributed by atoms with E-state index >= 15 is 0 Å². The molecule has 0 spiro atoms. The zero-order valence-corrected chi connectivity index (χ0v) is 8.53. The van der Waals surface area contributed by atoms with E-state index in [1.807, 2.05) is 31.2 Å². The number of benzene rings is 1. The third-order valence-corrected chi connectivity index (χ3v) is 2.53. The van der Waals surface area contributed by atoms with E-state index in [9.17, 15) is 9.59 Å². The summed E-state index contributed by atoms with van der Waals surface area (Å²) in [7, 11) is 0. The lowest BCUT2D eigenvalue weighted by molar-refractivity contribution is -0.153. The van der Waals surface area contributed by atoms with Crippen molar-refractivity contribution in [1.29, 1.82) is 0 Å². The molecule has 1 aromatic rings. The molecular formula is C12H12O3. The Morgan fingerprint density at radius 2 is 2.20 bits per heavy atom. The van der Waals surface area contributed by atoms with Gasteiger partial charge < -0.3 is 4.74 Å². The van der Waals surface area contributed by atoms with E-state index in [-0.39, 0.29) is 18.3 Å². The van der Waals surface area contributed by atoms with Crippen molar-refractivity contribution in [2.75, 3.05) is 0 Å². The highest BCUT2D eigenvalue weighted by atomic mass is 16.6. The average molecular weight is 204 g/mol. The van der Waals surface area contributed by atoms with Gasteiger partial charge in [0.1, 0.15) is 0 Å². The molecule has 1 atom stereocenters. The summed E-state index contributed by atoms with van der Waals surface area (Å²) in [4.78, 5) is 22.1. The van der Waals surface area contributed by atoms with Crippen LogP contribution in [0.25, 0.3) is 0 Å². The Morgan fingerprint density at radius 3 is 2.80 bits per heavy atom. The van der Waals surface area contributed by atoms with E-state index in [2.05, 4.69) is 4.74 Å². The fraction of sp³-hybridized carbons (Fsp3) is 0.333. The van der Waals surface area contributed by atoms with Crippen LogP contribution >= 0.6 is 0 Å². The molecule has 0 N–H and O–H groups in total. The average Bonchev–Trinajstić information content (AvgIpc) is 2.45. The molecule has 3 nitrogen and oxygen atoms in total. The summed E-state index contributed by atoms with van der Waals surface area (Å²) >= 11 is 0. The molecule has 0 saturated carbocycles. The summed E-state index contributed by atoms with van der Waals surface area (Å²) in [6, 6.07) is 7.94. The quantitative estimate of drug-likeness (QED) is 0.543. The third-order valence-electron chi connectivity index (χ3n) is 2.53. The van der Waals surface area contributed by atoms with Gasteiger partial charge >= 0.3 is 11.9 Å². The second-order valence-electron chi connectivity index (χ2n) is 3.89. The molecule has 0 aliphatic carbocycles. The van der Waals surface area contributed by atoms with Gasteiger partial charge in [0.15, 0.2) is 0 Å². The lowest BCUT2D eigenvalue weighted by Crippen LogP contribution is -2.10. The van der Waals surface area contributed by atoms with Crippen molar-refractivity contribution in [3.8, 4) is 0 Å². The molecule has 15 heavy (non-hydrogen) atoms. The highest BCUT2D eigenvalue weighted by Gasteiger charge is 2.33. The van der Waals surface area contributed by atoms with E-state index < -0.39 is 5.97 Å². The standard InChI is InChI=1S/C12H12O3/c1-8-3-2-4-9(5-8)6-10-7-11(13)15-12(10)14/h2-5,10H,6-7H2,1H3/t10-/m0/s1. The van der Waals surface area contributed by atoms with Gasteiger partial charge in [-0.25, -0.2) is 0 Å². The first kappa shape index (κ1) is 9.90. The largest absolute Gasteiger partial charge is 0.393 e. The van der Waals surface area contributed by atoms with Crippen LogP contribution in [-0.4, -0.2) is 11.9 Å². The molecule has 0 bridgehead atoms. The van der Waals surface area contributed by atoms with Crippen LogP contribution in [0.3, 0.4) is 0 Å². The maximum atomic E-state index is 11.2. The molecule has 0 amide bonds. The van der Waals surface area contributed by atoms with Gasteiger partial charge in [-0.15, -0.1) is 0 Å². The highest BCUT2D eigenvalue weighted by molar-refractivity contribution is 5.94. The van der Waals surface area contributed by atoms with Crippen molar-refractivity contribution in [2.45, 2.75) is 19.8 Å². The van der Waals surface area contributed by atoms with Crippen molar-refractivity contribution in [3.05, 3.63) is 35.4 Å². The van der Waals surface area contributed by atoms with E-state index in [1.54, 1.807) is 0 Å². The van der Waals surface area contributed by atoms with Crippen molar-refractivity contribution < 1.29 is 14.3 Å². The lowest BCUT2D eigenvalue weighted by atomic mass is 9.97. The molecule has 1 heterocycles. The van der Waals surface area contributed by atoms with Gasteiger partial charge in [0.2, 0.25) is 0 Å². The van der Waals surface area contributed by atoms with E-state index in [0.29, 0.717) is 6.42 Å². The summed E-state index contributed by atoms with van der Waals surface area (Å²) in [6.45, 7) is 2.00. The van der Waals surface area contributed by atoms with Gasteiger partial charge in [-0.3, -0.25) is 9.59 Å². The minimum absolute atomic E-state index is 0.215. The second-order valence-corrected chi connectivity index (χ2v) is 3.89. The molecule has 0 radical (unpaired) electrons. The lowest BCUT2D eigenvalue weighted by Gasteiger charge is -2.05. The van der Waals surface area contributed by atoms with Crippen LogP contribution in [0.15, 0.2) is 24.3 Å². The maximum Gasteiger partial charge on any atom is 0.317 e. The predicted octanol–water partition coefficient (Wildman–Crippen LogP) is 1.63. The van der Waals surface area contributed by atoms with E-state index in [0.717, 1.165) is 11.1 Å². The van der Waals surface area contributed by atoms with Crippen molar-refractivity contribution >= 4 is 11.9 Å². The number of ether oxygens (including phenoxy) is 1. The monoisotopic (exact) mass is 204 g/mol. The van der Waals surface area contributed by atoms with Crippen molar-refractivity contribution in [1.82, 2.24) is 0 Å². The molecule has 0 aromatic heterocycles. The number of esters is 2. The number of cyclic esters (lactones) is 2. The number of aryl methyl sites for hydroxylation is 1. The summed E-state index contributed by atoms with van der Waals surface area (Å²) in [5, 5.41) is 0. The Kier molecular flexibility index (Phi) is 2.54. The second kappa shape index (κ2) is 3.85. The Hall–Kier alpha value is -1.64. The zero-order chi connectivity index (χ0) is 10.8. The summed E-state index contributed by atoms with van der Waals surface area (Å²) in [5.74, 6) is -1.08. The number of carbonyl (C=O) groups excluding carboxylic acids is 2. The van der Waals surface area contributed by atoms with Crippen LogP contribution in [0, 0.1) is 12.8 Å². The first-order valence-corrected chi connectivity index (χ1v) is 4.95. The fourth-order valence-electron chi connectivity index (χ4n) is 1.80. The molecular weight excluding hydrogens is 192 g/mol. The maximum absolute atomic E-state index is 11.2. The molecule has 1 fully saturated rings. The SMILES string of the molecule is Cc1cccc(C[C@H]2CC(=O)OC2=O)c1. The molecule has 0 unspecified atom stereocenters. The minimum atomic E-state index is -0.405. The molecule has 78 valence electrons. The van der Waals surface area contributed by atoms with E-state index in [1.165, 1.54) is 0 Å². The van der Waals surface area contributed by atoms with Gasteiger partial charge in [0, 0.05) is 0 Å². The van der Waals surface area contributed by atoms with Gasteiger partial charge in [0.25, 0.3) is 0 Å². The van der Waals surface area contributed by atoms with Crippen molar-refractivity contribution in [2.24, 2.45) is 5.92 Å². The zero-order valence-electron chi connectivity index (χ0n) is 8.53. The van der Waals surface area contributed by atoms with Crippen LogP contribution in [-0.2, 0) is 20.7 Å². The van der Waals surface area contributed by atoms with Crippen LogP contribution in [0.1, 0.15) is 17.5 Å². The van der Waals surface area contributed by atoms with Crippen LogP contribution in [0.4, 0.5) is 0 Å². The molecule has 1 aliphatic rings. The number of carbonyl (C=O) groups is 2. The highest BCUT2D eigenvalue weighted by Crippen LogP contribution is 2.21. The summed E-state index contributed by atoms with van der Waals surface area (Å²) in [5.41, 5.74) is 2.23. The Morgan fingerprint density at radius 1 is 1.40 bits per heavy atom. The molecule has 1 aliphatic heterocycles. The fourth-order valence-corrected chi connectivity index (χ4v) is 1.80. The molecule has 1 saturated heterocycles. The molecule has 1 aromatic carbocycles. The normalized spacial score (nSPS) is 20.5. The summed E-state index contributed by atoms with van der Waals surface area (Å²) in [6.07, 6.45) is 0.805. The number of hydrogen-bond donors (Lipinski definition) is 0. The topological polar surface area (TPSA) is 43.4 Å². The third kappa shape index (κ3) is 2.24. The van der Waals surface area contributed by atoms with Gasteiger partial charge in [-0.05, 0) is 18.9 Å². The Labute approximate surface area is 88.1 Å². The molecule has 2 rings (SSSR count). The van der Waals surface area contributed by atoms with Crippen LogP contribution < -0.4 is 0 Å². The van der Waals surface area contributed by atoms with Crippen LogP contribution in [0.2, 0.25) is 0 Å². The number of hydrogen-bond acceptors (Lipinski definition) is 3. The predicted molar refractivity (Wildman–Crippen MR) is 54.1 cm³/mol. The van der Waals surface area contributed by atoms with Crippen LogP contribution in [0.5, 0.6) is 0 Å². The van der Waals surface area contributed by atoms with Gasteiger partial charge in [-0.2, -0.15) is 0 Å². The first-order valence-electron chi connectivity index (χ1n) is 4.95. The molecule has 3 heteroatoms. The minimum Gasteiger partial charge on any atom is -0.393 e. The Balaban J connectivity index is 2.09. The van der Waals surface area contributed by atoms with E-state index in [4.69, 9.17) is 0 Å². The Bertz CT molecular complexity index is 409.